The van der Waals surface area contributed by atoms with Crippen LogP contribution in [0, 0.1) is 0 Å². The first-order chi connectivity index (χ1) is 10.2. The minimum Gasteiger partial charge on any atom is -0.496 e. The van der Waals surface area contributed by atoms with E-state index in [1.165, 1.54) is 19.3 Å². The van der Waals surface area contributed by atoms with Crippen molar-refractivity contribution in [1.82, 2.24) is 9.97 Å². The number of benzene rings is 1. The third kappa shape index (κ3) is 2.88. The normalized spacial score (nSPS) is 14.4. The predicted octanol–water partition coefficient (Wildman–Crippen LogP) is 3.77. The average Bonchev–Trinajstić information content (AvgIpc) is 2.73. The first-order valence-electron chi connectivity index (χ1n) is 7.18. The second kappa shape index (κ2) is 6.02. The van der Waals surface area contributed by atoms with Gasteiger partial charge in [0.1, 0.15) is 11.6 Å². The molecule has 0 atom stereocenters. The smallest absolute Gasteiger partial charge is 0.165 e. The van der Waals surface area contributed by atoms with Crippen molar-refractivity contribution in [3.8, 4) is 17.1 Å². The molecule has 0 unspecified atom stereocenters. The summed E-state index contributed by atoms with van der Waals surface area (Å²) in [4.78, 5) is 9.28. The summed E-state index contributed by atoms with van der Waals surface area (Å²) in [6, 6.07) is 5.82. The summed E-state index contributed by atoms with van der Waals surface area (Å²) < 4.78 is 6.39. The van der Waals surface area contributed by atoms with E-state index in [9.17, 15) is 0 Å². The van der Waals surface area contributed by atoms with E-state index >= 15 is 0 Å². The lowest BCUT2D eigenvalue weighted by Crippen LogP contribution is -2.07. The molecule has 0 fully saturated rings. The fourth-order valence-electron chi connectivity index (χ4n) is 2.78. The number of ether oxygens (including phenoxy) is 1. The Balaban J connectivity index is 2.13. The summed E-state index contributed by atoms with van der Waals surface area (Å²) in [5, 5.41) is 0. The largest absolute Gasteiger partial charge is 0.496 e. The number of nitrogen functional groups attached to an aromatic ring is 1. The molecule has 1 aromatic heterocycles. The van der Waals surface area contributed by atoms with E-state index in [1.54, 1.807) is 7.11 Å². The second-order valence-corrected chi connectivity index (χ2v) is 6.18. The lowest BCUT2D eigenvalue weighted by Gasteiger charge is -2.13. The van der Waals surface area contributed by atoms with E-state index in [4.69, 9.17) is 15.5 Å². The number of nitrogens with two attached hydrogens (primary N) is 1. The number of hydrogen-bond donors (Lipinski definition) is 1. The van der Waals surface area contributed by atoms with Crippen molar-refractivity contribution in [1.29, 1.82) is 0 Å². The zero-order valence-corrected chi connectivity index (χ0v) is 13.6. The van der Waals surface area contributed by atoms with Gasteiger partial charge < -0.3 is 10.5 Å². The lowest BCUT2D eigenvalue weighted by atomic mass is 10.1. The van der Waals surface area contributed by atoms with E-state index in [0.717, 1.165) is 39.9 Å². The van der Waals surface area contributed by atoms with Crippen LogP contribution < -0.4 is 10.5 Å². The summed E-state index contributed by atoms with van der Waals surface area (Å²) >= 11 is 3.49. The van der Waals surface area contributed by atoms with Gasteiger partial charge >= 0.3 is 0 Å². The molecule has 3 rings (SSSR count). The zero-order valence-electron chi connectivity index (χ0n) is 12.0. The number of aromatic nitrogens is 2. The number of anilines is 1. The van der Waals surface area contributed by atoms with Crippen molar-refractivity contribution in [2.45, 2.75) is 32.1 Å². The molecule has 110 valence electrons. The maximum atomic E-state index is 6.17. The minimum atomic E-state index is 0.610. The summed E-state index contributed by atoms with van der Waals surface area (Å²) in [6.45, 7) is 0. The molecule has 0 bridgehead atoms. The maximum Gasteiger partial charge on any atom is 0.165 e. The van der Waals surface area contributed by atoms with Crippen LogP contribution in [-0.4, -0.2) is 17.1 Å². The highest BCUT2D eigenvalue weighted by Crippen LogP contribution is 2.33. The first-order valence-corrected chi connectivity index (χ1v) is 7.97. The van der Waals surface area contributed by atoms with Gasteiger partial charge in [0.15, 0.2) is 5.82 Å². The van der Waals surface area contributed by atoms with E-state index in [0.29, 0.717) is 11.6 Å². The molecule has 0 saturated carbocycles. The van der Waals surface area contributed by atoms with Gasteiger partial charge in [0.05, 0.1) is 12.7 Å². The molecule has 4 nitrogen and oxygen atoms in total. The van der Waals surface area contributed by atoms with Gasteiger partial charge in [-0.15, -0.1) is 0 Å². The molecule has 5 heteroatoms. The summed E-state index contributed by atoms with van der Waals surface area (Å²) in [6.07, 6.45) is 5.52. The maximum absolute atomic E-state index is 6.17. The molecule has 0 aliphatic heterocycles. The van der Waals surface area contributed by atoms with Crippen molar-refractivity contribution >= 4 is 21.7 Å². The highest BCUT2D eigenvalue weighted by atomic mass is 79.9. The third-order valence-corrected chi connectivity index (χ3v) is 4.36. The number of fused-ring (bicyclic) bond motifs is 1. The van der Waals surface area contributed by atoms with Crippen molar-refractivity contribution in [2.75, 3.05) is 12.8 Å². The standard InChI is InChI=1S/C16H18BrN3O/c1-21-14-8-7-10(17)9-12(14)16-19-13-6-4-2-3-5-11(13)15(18)20-16/h7-9H,2-6H2,1H3,(H2,18,19,20). The Morgan fingerprint density at radius 1 is 1.14 bits per heavy atom. The number of methoxy groups -OCH3 is 1. The van der Waals surface area contributed by atoms with Gasteiger partial charge in [-0.3, -0.25) is 0 Å². The average molecular weight is 348 g/mol. The van der Waals surface area contributed by atoms with Crippen LogP contribution in [-0.2, 0) is 12.8 Å². The fraction of sp³-hybridized carbons (Fsp3) is 0.375. The molecule has 1 aliphatic carbocycles. The van der Waals surface area contributed by atoms with Crippen LogP contribution in [0.4, 0.5) is 5.82 Å². The molecule has 0 spiro atoms. The van der Waals surface area contributed by atoms with Gasteiger partial charge in [-0.2, -0.15) is 0 Å². The topological polar surface area (TPSA) is 61.0 Å². The van der Waals surface area contributed by atoms with Gasteiger partial charge in [0.25, 0.3) is 0 Å². The third-order valence-electron chi connectivity index (χ3n) is 3.87. The number of aryl methyl sites for hydroxylation is 1. The van der Waals surface area contributed by atoms with E-state index in [1.807, 2.05) is 18.2 Å². The monoisotopic (exact) mass is 347 g/mol. The van der Waals surface area contributed by atoms with E-state index < -0.39 is 0 Å². The van der Waals surface area contributed by atoms with Crippen LogP contribution in [0.3, 0.4) is 0 Å². The molecule has 2 aromatic rings. The number of hydrogen-bond acceptors (Lipinski definition) is 4. The Kier molecular flexibility index (Phi) is 4.10. The lowest BCUT2D eigenvalue weighted by molar-refractivity contribution is 0.416. The summed E-state index contributed by atoms with van der Waals surface area (Å²) in [7, 11) is 1.65. The predicted molar refractivity (Wildman–Crippen MR) is 87.4 cm³/mol. The molecular weight excluding hydrogens is 330 g/mol. The quantitative estimate of drug-likeness (QED) is 0.840. The van der Waals surface area contributed by atoms with Gasteiger partial charge in [-0.05, 0) is 43.9 Å². The van der Waals surface area contributed by atoms with E-state index in [-0.39, 0.29) is 0 Å². The second-order valence-electron chi connectivity index (χ2n) is 5.26. The highest BCUT2D eigenvalue weighted by molar-refractivity contribution is 9.10. The van der Waals surface area contributed by atoms with E-state index in [2.05, 4.69) is 20.9 Å². The Morgan fingerprint density at radius 2 is 1.95 bits per heavy atom. The molecule has 1 aromatic carbocycles. The Morgan fingerprint density at radius 3 is 2.76 bits per heavy atom. The van der Waals surface area contributed by atoms with Crippen LogP contribution in [0.25, 0.3) is 11.4 Å². The van der Waals surface area contributed by atoms with Crippen molar-refractivity contribution in [2.24, 2.45) is 0 Å². The van der Waals surface area contributed by atoms with Gasteiger partial charge in [0, 0.05) is 15.7 Å². The zero-order chi connectivity index (χ0) is 14.8. The van der Waals surface area contributed by atoms with Crippen LogP contribution in [0.2, 0.25) is 0 Å². The fourth-order valence-corrected chi connectivity index (χ4v) is 3.14. The first kappa shape index (κ1) is 14.3. The van der Waals surface area contributed by atoms with Crippen molar-refractivity contribution in [3.63, 3.8) is 0 Å². The van der Waals surface area contributed by atoms with Crippen LogP contribution in [0.15, 0.2) is 22.7 Å². The number of halogens is 1. The summed E-state index contributed by atoms with van der Waals surface area (Å²) in [5.74, 6) is 2.01. The van der Waals surface area contributed by atoms with Gasteiger partial charge in [-0.25, -0.2) is 9.97 Å². The molecule has 0 radical (unpaired) electrons. The Bertz CT molecular complexity index is 673. The molecular formula is C16H18BrN3O. The molecule has 1 aliphatic rings. The van der Waals surface area contributed by atoms with Gasteiger partial charge in [0.2, 0.25) is 0 Å². The summed E-state index contributed by atoms with van der Waals surface area (Å²) in [5.41, 5.74) is 9.27. The van der Waals surface area contributed by atoms with Gasteiger partial charge in [-0.1, -0.05) is 22.4 Å². The molecule has 0 saturated heterocycles. The van der Waals surface area contributed by atoms with Crippen LogP contribution in [0.1, 0.15) is 30.5 Å². The van der Waals surface area contributed by atoms with Crippen molar-refractivity contribution < 1.29 is 4.74 Å². The minimum absolute atomic E-state index is 0.610. The highest BCUT2D eigenvalue weighted by Gasteiger charge is 2.17. The Hall–Kier alpha value is -1.62. The Labute approximate surface area is 132 Å². The molecule has 0 amide bonds. The molecule has 1 heterocycles. The van der Waals surface area contributed by atoms with Crippen molar-refractivity contribution in [3.05, 3.63) is 33.9 Å². The van der Waals surface area contributed by atoms with Crippen LogP contribution in [0.5, 0.6) is 5.75 Å². The number of rotatable bonds is 2. The number of nitrogens with zero attached hydrogens (tertiary/aromatic N) is 2. The SMILES string of the molecule is COc1ccc(Br)cc1-c1nc(N)c2c(n1)CCCCC2. The molecule has 21 heavy (non-hydrogen) atoms. The molecule has 2 N–H and O–H groups in total. The van der Waals surface area contributed by atoms with Crippen LogP contribution >= 0.6 is 15.9 Å².